The number of benzene rings is 2. The molecule has 4 rings (SSSR count). The fourth-order valence-electron chi connectivity index (χ4n) is 4.56. The molecule has 0 atom stereocenters. The van der Waals surface area contributed by atoms with Crippen molar-refractivity contribution in [2.45, 2.75) is 64.5 Å². The molecule has 8 heteroatoms. The van der Waals surface area contributed by atoms with Crippen LogP contribution in [0, 0.1) is 0 Å². The lowest BCUT2D eigenvalue weighted by molar-refractivity contribution is -0.121. The van der Waals surface area contributed by atoms with Gasteiger partial charge in [-0.1, -0.05) is 6.07 Å². The summed E-state index contributed by atoms with van der Waals surface area (Å²) < 4.78 is 29.4. The highest BCUT2D eigenvalue weighted by Gasteiger charge is 2.45. The minimum Gasteiger partial charge on any atom is -0.491 e. The van der Waals surface area contributed by atoms with Crippen LogP contribution in [0.15, 0.2) is 42.5 Å². The van der Waals surface area contributed by atoms with Gasteiger partial charge in [0.15, 0.2) is 0 Å². The normalized spacial score (nSPS) is 20.2. The van der Waals surface area contributed by atoms with Crippen LogP contribution in [0.5, 0.6) is 5.75 Å². The molecule has 7 nitrogen and oxygen atoms in total. The molecule has 0 unspecified atom stereocenters. The third-order valence-corrected chi connectivity index (χ3v) is 8.36. The van der Waals surface area contributed by atoms with E-state index in [9.17, 15) is 18.0 Å². The highest BCUT2D eigenvalue weighted by atomic mass is 32.2. The number of sulfone groups is 1. The molecule has 2 aromatic carbocycles. The molecule has 1 N–H and O–H groups in total. The van der Waals surface area contributed by atoms with Crippen molar-refractivity contribution < 1.29 is 22.7 Å². The van der Waals surface area contributed by atoms with Crippen LogP contribution in [0.2, 0.25) is 0 Å². The van der Waals surface area contributed by atoms with Gasteiger partial charge in [-0.3, -0.25) is 14.5 Å². The zero-order valence-corrected chi connectivity index (χ0v) is 21.2. The van der Waals surface area contributed by atoms with Crippen LogP contribution in [0.4, 0.5) is 11.4 Å². The number of nitrogens with one attached hydrogen (secondary N) is 1. The standard InChI is InChI=1S/C26H32N2O5S/c1-17(2)33-20-8-6-7-19(16-20)28-22-10-9-18(15-21(22)25(3,4)24(28)30)23(29)27-26(5)11-13-34(31,32)14-12-26/h6-10,15-17H,11-14H2,1-5H3,(H,27,29). The van der Waals surface area contributed by atoms with E-state index < -0.39 is 20.8 Å². The van der Waals surface area contributed by atoms with Gasteiger partial charge < -0.3 is 10.1 Å². The maximum absolute atomic E-state index is 13.5. The van der Waals surface area contributed by atoms with E-state index in [4.69, 9.17) is 4.74 Å². The third kappa shape index (κ3) is 4.56. The van der Waals surface area contributed by atoms with Crippen LogP contribution in [-0.4, -0.2) is 43.4 Å². The fourth-order valence-corrected chi connectivity index (χ4v) is 6.29. The number of carbonyl (C=O) groups is 2. The molecule has 182 valence electrons. The molecule has 2 amide bonds. The maximum atomic E-state index is 13.5. The van der Waals surface area contributed by atoms with Crippen molar-refractivity contribution in [3.05, 3.63) is 53.6 Å². The summed E-state index contributed by atoms with van der Waals surface area (Å²) in [5, 5.41) is 3.03. The quantitative estimate of drug-likeness (QED) is 0.689. The van der Waals surface area contributed by atoms with E-state index >= 15 is 0 Å². The summed E-state index contributed by atoms with van der Waals surface area (Å²) in [6.45, 7) is 9.50. The van der Waals surface area contributed by atoms with Crippen LogP contribution in [0.25, 0.3) is 0 Å². The Bertz CT molecular complexity index is 1240. The summed E-state index contributed by atoms with van der Waals surface area (Å²) in [6.07, 6.45) is 0.789. The molecule has 2 aliphatic rings. The lowest BCUT2D eigenvalue weighted by Crippen LogP contribution is -2.50. The lowest BCUT2D eigenvalue weighted by atomic mass is 9.85. The van der Waals surface area contributed by atoms with Crippen molar-refractivity contribution in [2.75, 3.05) is 16.4 Å². The summed E-state index contributed by atoms with van der Waals surface area (Å²) >= 11 is 0. The zero-order chi connectivity index (χ0) is 24.9. The Kier molecular flexibility index (Phi) is 6.00. The molecule has 1 saturated heterocycles. The molecule has 2 aliphatic heterocycles. The van der Waals surface area contributed by atoms with E-state index in [-0.39, 0.29) is 29.4 Å². The first-order valence-electron chi connectivity index (χ1n) is 11.6. The van der Waals surface area contributed by atoms with Crippen molar-refractivity contribution in [1.29, 1.82) is 0 Å². The smallest absolute Gasteiger partial charge is 0.251 e. The lowest BCUT2D eigenvalue weighted by Gasteiger charge is -2.34. The van der Waals surface area contributed by atoms with Crippen LogP contribution in [0.1, 0.15) is 63.4 Å². The number of hydrogen-bond acceptors (Lipinski definition) is 5. The van der Waals surface area contributed by atoms with E-state index in [2.05, 4.69) is 5.32 Å². The largest absolute Gasteiger partial charge is 0.491 e. The van der Waals surface area contributed by atoms with Crippen molar-refractivity contribution in [3.63, 3.8) is 0 Å². The Balaban J connectivity index is 1.63. The SMILES string of the molecule is CC(C)Oc1cccc(N2C(=O)C(C)(C)c3cc(C(=O)NC4(C)CCS(=O)(=O)CC4)ccc32)c1. The average molecular weight is 485 g/mol. The first-order chi connectivity index (χ1) is 15.8. The van der Waals surface area contributed by atoms with E-state index in [1.54, 1.807) is 23.1 Å². The number of ether oxygens (including phenoxy) is 1. The molecule has 0 radical (unpaired) electrons. The molecule has 0 saturated carbocycles. The number of nitrogens with zero attached hydrogens (tertiary/aromatic N) is 1. The van der Waals surface area contributed by atoms with E-state index in [1.165, 1.54) is 0 Å². The Morgan fingerprint density at radius 1 is 1.06 bits per heavy atom. The van der Waals surface area contributed by atoms with Gasteiger partial charge in [0.1, 0.15) is 15.6 Å². The molecule has 2 aromatic rings. The minimum atomic E-state index is -3.03. The number of carbonyl (C=O) groups excluding carboxylic acids is 2. The fraction of sp³-hybridized carbons (Fsp3) is 0.462. The van der Waals surface area contributed by atoms with Gasteiger partial charge >= 0.3 is 0 Å². The second-order valence-corrected chi connectivity index (χ2v) is 12.6. The van der Waals surface area contributed by atoms with Gasteiger partial charge in [0, 0.05) is 17.2 Å². The Morgan fingerprint density at radius 2 is 1.74 bits per heavy atom. The van der Waals surface area contributed by atoms with E-state index in [0.29, 0.717) is 29.8 Å². The Hall–Kier alpha value is -2.87. The highest BCUT2D eigenvalue weighted by Crippen LogP contribution is 2.46. The second-order valence-electron chi connectivity index (χ2n) is 10.3. The molecule has 1 fully saturated rings. The molecule has 0 bridgehead atoms. The zero-order valence-electron chi connectivity index (χ0n) is 20.3. The molecular formula is C26H32N2O5S. The number of amides is 2. The molecule has 34 heavy (non-hydrogen) atoms. The molecule has 0 aliphatic carbocycles. The van der Waals surface area contributed by atoms with Gasteiger partial charge in [-0.05, 0) is 83.4 Å². The van der Waals surface area contributed by atoms with Gasteiger partial charge in [-0.15, -0.1) is 0 Å². The van der Waals surface area contributed by atoms with Crippen molar-refractivity contribution in [3.8, 4) is 5.75 Å². The van der Waals surface area contributed by atoms with Gasteiger partial charge in [0.05, 0.1) is 34.4 Å². The Labute approximate surface area is 201 Å². The predicted molar refractivity (Wildman–Crippen MR) is 133 cm³/mol. The van der Waals surface area contributed by atoms with E-state index in [0.717, 1.165) is 11.3 Å². The van der Waals surface area contributed by atoms with Gasteiger partial charge in [-0.25, -0.2) is 8.42 Å². The monoisotopic (exact) mass is 484 g/mol. The maximum Gasteiger partial charge on any atom is 0.251 e. The minimum absolute atomic E-state index is 0.0143. The van der Waals surface area contributed by atoms with Gasteiger partial charge in [0.2, 0.25) is 5.91 Å². The first-order valence-corrected chi connectivity index (χ1v) is 13.4. The molecule has 2 heterocycles. The Morgan fingerprint density at radius 3 is 2.38 bits per heavy atom. The summed E-state index contributed by atoms with van der Waals surface area (Å²) in [7, 11) is -3.03. The van der Waals surface area contributed by atoms with Gasteiger partial charge in [-0.2, -0.15) is 0 Å². The van der Waals surface area contributed by atoms with Crippen LogP contribution < -0.4 is 15.0 Å². The van der Waals surface area contributed by atoms with Gasteiger partial charge in [0.25, 0.3) is 5.91 Å². The van der Waals surface area contributed by atoms with Crippen LogP contribution in [0.3, 0.4) is 0 Å². The molecular weight excluding hydrogens is 452 g/mol. The number of anilines is 2. The summed E-state index contributed by atoms with van der Waals surface area (Å²) in [4.78, 5) is 28.2. The number of hydrogen-bond donors (Lipinski definition) is 1. The van der Waals surface area contributed by atoms with Crippen LogP contribution in [-0.2, 0) is 20.0 Å². The predicted octanol–water partition coefficient (Wildman–Crippen LogP) is 4.13. The highest BCUT2D eigenvalue weighted by molar-refractivity contribution is 7.91. The first kappa shape index (κ1) is 24.3. The van der Waals surface area contributed by atoms with Crippen molar-refractivity contribution in [1.82, 2.24) is 5.32 Å². The van der Waals surface area contributed by atoms with Crippen molar-refractivity contribution >= 4 is 33.0 Å². The van der Waals surface area contributed by atoms with Crippen molar-refractivity contribution in [2.24, 2.45) is 0 Å². The van der Waals surface area contributed by atoms with Crippen LogP contribution >= 0.6 is 0 Å². The average Bonchev–Trinajstić information content (AvgIpc) is 2.95. The number of rotatable bonds is 5. The summed E-state index contributed by atoms with van der Waals surface area (Å²) in [6, 6.07) is 12.7. The second kappa shape index (κ2) is 8.41. The molecule has 0 spiro atoms. The summed E-state index contributed by atoms with van der Waals surface area (Å²) in [5.41, 5.74) is 1.29. The summed E-state index contributed by atoms with van der Waals surface area (Å²) in [5.74, 6) is 0.490. The number of fused-ring (bicyclic) bond motifs is 1. The third-order valence-electron chi connectivity index (χ3n) is 6.70. The molecule has 0 aromatic heterocycles. The van der Waals surface area contributed by atoms with E-state index in [1.807, 2.05) is 58.9 Å². The topological polar surface area (TPSA) is 92.8 Å².